The summed E-state index contributed by atoms with van der Waals surface area (Å²) in [5.41, 5.74) is 6.30. The molecule has 5 heteroatoms. The number of nitrogens with one attached hydrogen (secondary N) is 1. The van der Waals surface area contributed by atoms with Crippen molar-refractivity contribution in [3.05, 3.63) is 12.1 Å². The number of anilines is 2. The summed E-state index contributed by atoms with van der Waals surface area (Å²) in [4.78, 5) is 4.29. The van der Waals surface area contributed by atoms with E-state index in [1.54, 1.807) is 13.2 Å². The maximum atomic E-state index is 5.74. The molecule has 1 aromatic heterocycles. The van der Waals surface area contributed by atoms with Crippen LogP contribution in [0.1, 0.15) is 19.8 Å². The lowest BCUT2D eigenvalue weighted by molar-refractivity contribution is 0.194. The van der Waals surface area contributed by atoms with Gasteiger partial charge in [0.05, 0.1) is 12.3 Å². The zero-order chi connectivity index (χ0) is 12.5. The Balaban J connectivity index is 2.40. The maximum absolute atomic E-state index is 5.74. The van der Waals surface area contributed by atoms with Gasteiger partial charge in [0.1, 0.15) is 5.82 Å². The first-order valence-electron chi connectivity index (χ1n) is 5.90. The number of nitrogens with zero attached hydrogens (tertiary/aromatic N) is 1. The molecule has 3 N–H and O–H groups in total. The van der Waals surface area contributed by atoms with Gasteiger partial charge in [-0.15, -0.1) is 0 Å². The molecule has 0 amide bonds. The van der Waals surface area contributed by atoms with Gasteiger partial charge in [0, 0.05) is 20.3 Å². The van der Waals surface area contributed by atoms with E-state index in [1.165, 1.54) is 0 Å². The van der Waals surface area contributed by atoms with E-state index in [0.717, 1.165) is 31.8 Å². The number of methoxy groups -OCH3 is 1. The zero-order valence-electron chi connectivity index (χ0n) is 10.5. The molecule has 0 aliphatic carbocycles. The summed E-state index contributed by atoms with van der Waals surface area (Å²) in [6.45, 7) is 4.13. The molecule has 0 atom stereocenters. The Morgan fingerprint density at radius 3 is 2.88 bits per heavy atom. The highest BCUT2D eigenvalue weighted by molar-refractivity contribution is 5.53. The number of unbranched alkanes of at least 4 members (excludes halogenated alkanes) is 1. The van der Waals surface area contributed by atoms with Crippen LogP contribution in [-0.2, 0) is 4.74 Å². The summed E-state index contributed by atoms with van der Waals surface area (Å²) in [7, 11) is 1.71. The van der Waals surface area contributed by atoms with Crippen LogP contribution in [0.25, 0.3) is 0 Å². The lowest BCUT2D eigenvalue weighted by Gasteiger charge is -2.09. The molecule has 0 fully saturated rings. The minimum absolute atomic E-state index is 0.495. The van der Waals surface area contributed by atoms with Gasteiger partial charge in [-0.05, 0) is 31.9 Å². The van der Waals surface area contributed by atoms with Crippen molar-refractivity contribution in [1.82, 2.24) is 4.98 Å². The molecule has 0 unspecified atom stereocenters. The number of hydrogen-bond donors (Lipinski definition) is 2. The second-order valence-electron chi connectivity index (χ2n) is 3.65. The summed E-state index contributed by atoms with van der Waals surface area (Å²) in [6, 6.07) is 3.66. The van der Waals surface area contributed by atoms with E-state index in [9.17, 15) is 0 Å². The normalized spacial score (nSPS) is 10.2. The van der Waals surface area contributed by atoms with Crippen molar-refractivity contribution < 1.29 is 9.47 Å². The quantitative estimate of drug-likeness (QED) is 0.678. The highest BCUT2D eigenvalue weighted by Crippen LogP contribution is 2.20. The van der Waals surface area contributed by atoms with E-state index in [2.05, 4.69) is 10.3 Å². The molecule has 0 bridgehead atoms. The van der Waals surface area contributed by atoms with Crippen molar-refractivity contribution in [2.24, 2.45) is 0 Å². The molecule has 0 aromatic carbocycles. The van der Waals surface area contributed by atoms with Crippen LogP contribution in [0.2, 0.25) is 0 Å². The molecule has 0 saturated carbocycles. The average Bonchev–Trinajstić information content (AvgIpc) is 2.33. The summed E-state index contributed by atoms with van der Waals surface area (Å²) in [5.74, 6) is 1.29. The summed E-state index contributed by atoms with van der Waals surface area (Å²) < 4.78 is 10.3. The van der Waals surface area contributed by atoms with Gasteiger partial charge in [-0.25, -0.2) is 0 Å². The molecule has 0 aliphatic heterocycles. The smallest absolute Gasteiger partial charge is 0.239 e. The molecule has 1 heterocycles. The topological polar surface area (TPSA) is 69.4 Å². The van der Waals surface area contributed by atoms with Crippen molar-refractivity contribution in [3.8, 4) is 5.88 Å². The van der Waals surface area contributed by atoms with E-state index in [1.807, 2.05) is 13.0 Å². The van der Waals surface area contributed by atoms with E-state index < -0.39 is 0 Å². The number of nitrogens with two attached hydrogens (primary N) is 1. The Hall–Kier alpha value is -1.49. The van der Waals surface area contributed by atoms with Crippen LogP contribution in [0.15, 0.2) is 12.1 Å². The number of hydrogen-bond acceptors (Lipinski definition) is 5. The Bertz CT molecular complexity index is 332. The highest BCUT2D eigenvalue weighted by Gasteiger charge is 2.02. The van der Waals surface area contributed by atoms with Crippen LogP contribution >= 0.6 is 0 Å². The zero-order valence-corrected chi connectivity index (χ0v) is 10.5. The van der Waals surface area contributed by atoms with Crippen LogP contribution in [0, 0.1) is 0 Å². The molecule has 17 heavy (non-hydrogen) atoms. The predicted molar refractivity (Wildman–Crippen MR) is 69.4 cm³/mol. The predicted octanol–water partition coefficient (Wildman–Crippen LogP) is 1.90. The SMILES string of the molecule is CCOc1nc(NCCCCOC)ccc1N. The second-order valence-corrected chi connectivity index (χ2v) is 3.65. The first kappa shape index (κ1) is 13.6. The van der Waals surface area contributed by atoms with Crippen LogP contribution in [0.3, 0.4) is 0 Å². The number of nitrogen functional groups attached to an aromatic ring is 1. The van der Waals surface area contributed by atoms with E-state index in [0.29, 0.717) is 18.2 Å². The third kappa shape index (κ3) is 4.91. The van der Waals surface area contributed by atoms with Gasteiger partial charge in [0.15, 0.2) is 0 Å². The van der Waals surface area contributed by atoms with E-state index in [4.69, 9.17) is 15.2 Å². The van der Waals surface area contributed by atoms with E-state index in [-0.39, 0.29) is 0 Å². The minimum atomic E-state index is 0.495. The van der Waals surface area contributed by atoms with Gasteiger partial charge in [0.25, 0.3) is 0 Å². The fourth-order valence-electron chi connectivity index (χ4n) is 1.39. The molecule has 96 valence electrons. The van der Waals surface area contributed by atoms with Crippen molar-refractivity contribution >= 4 is 11.5 Å². The first-order valence-corrected chi connectivity index (χ1v) is 5.90. The third-order valence-electron chi connectivity index (χ3n) is 2.25. The molecule has 0 spiro atoms. The van der Waals surface area contributed by atoms with Gasteiger partial charge >= 0.3 is 0 Å². The Morgan fingerprint density at radius 2 is 2.18 bits per heavy atom. The monoisotopic (exact) mass is 239 g/mol. The molecule has 0 aliphatic rings. The van der Waals surface area contributed by atoms with Crippen LogP contribution in [0.5, 0.6) is 5.88 Å². The van der Waals surface area contributed by atoms with Crippen molar-refractivity contribution in [2.75, 3.05) is 37.9 Å². The fourth-order valence-corrected chi connectivity index (χ4v) is 1.39. The largest absolute Gasteiger partial charge is 0.476 e. The molecular weight excluding hydrogens is 218 g/mol. The third-order valence-corrected chi connectivity index (χ3v) is 2.25. The van der Waals surface area contributed by atoms with Gasteiger partial charge < -0.3 is 20.5 Å². The van der Waals surface area contributed by atoms with Crippen LogP contribution < -0.4 is 15.8 Å². The van der Waals surface area contributed by atoms with E-state index >= 15 is 0 Å². The Kier molecular flexibility index (Phi) is 6.17. The number of pyridine rings is 1. The number of rotatable bonds is 8. The summed E-state index contributed by atoms with van der Waals surface area (Å²) >= 11 is 0. The van der Waals surface area contributed by atoms with Gasteiger partial charge in [-0.2, -0.15) is 4.98 Å². The van der Waals surface area contributed by atoms with Gasteiger partial charge in [-0.1, -0.05) is 0 Å². The molecule has 1 aromatic rings. The molecule has 0 saturated heterocycles. The van der Waals surface area contributed by atoms with Crippen molar-refractivity contribution in [2.45, 2.75) is 19.8 Å². The second kappa shape index (κ2) is 7.73. The highest BCUT2D eigenvalue weighted by atomic mass is 16.5. The molecular formula is C12H21N3O2. The van der Waals surface area contributed by atoms with Gasteiger partial charge in [-0.3, -0.25) is 0 Å². The Morgan fingerprint density at radius 1 is 1.35 bits per heavy atom. The van der Waals surface area contributed by atoms with Crippen LogP contribution in [-0.4, -0.2) is 31.9 Å². The van der Waals surface area contributed by atoms with Crippen molar-refractivity contribution in [1.29, 1.82) is 0 Å². The van der Waals surface area contributed by atoms with Gasteiger partial charge in [0.2, 0.25) is 5.88 Å². The lowest BCUT2D eigenvalue weighted by Crippen LogP contribution is -2.06. The van der Waals surface area contributed by atoms with Crippen molar-refractivity contribution in [3.63, 3.8) is 0 Å². The number of ether oxygens (including phenoxy) is 2. The first-order chi connectivity index (χ1) is 8.27. The molecule has 0 radical (unpaired) electrons. The average molecular weight is 239 g/mol. The lowest BCUT2D eigenvalue weighted by atomic mass is 10.3. The Labute approximate surface area is 102 Å². The maximum Gasteiger partial charge on any atom is 0.239 e. The minimum Gasteiger partial charge on any atom is -0.476 e. The summed E-state index contributed by atoms with van der Waals surface area (Å²) in [6.07, 6.45) is 2.08. The molecule has 5 nitrogen and oxygen atoms in total. The number of aromatic nitrogens is 1. The van der Waals surface area contributed by atoms with Crippen LogP contribution in [0.4, 0.5) is 11.5 Å². The standard InChI is InChI=1S/C12H21N3O2/c1-3-17-12-10(13)6-7-11(15-12)14-8-4-5-9-16-2/h6-7H,3-5,8-9,13H2,1-2H3,(H,14,15). The fraction of sp³-hybridized carbons (Fsp3) is 0.583. The molecule has 1 rings (SSSR count). The summed E-state index contributed by atoms with van der Waals surface area (Å²) in [5, 5.41) is 3.23.